The Morgan fingerprint density at radius 2 is 1.62 bits per heavy atom. The van der Waals surface area contributed by atoms with E-state index in [0.29, 0.717) is 36.0 Å². The molecule has 4 saturated carbocycles. The number of fused-ring (bicyclic) bond motifs is 5. The molecule has 0 saturated heterocycles. The third kappa shape index (κ3) is 5.08. The van der Waals surface area contributed by atoms with Gasteiger partial charge in [-0.1, -0.05) is 34.1 Å². The van der Waals surface area contributed by atoms with Gasteiger partial charge in [0.1, 0.15) is 0 Å². The third-order valence-corrected chi connectivity index (χ3v) is 11.7. The molecule has 0 aromatic heterocycles. The van der Waals surface area contributed by atoms with Gasteiger partial charge in [0.05, 0.1) is 18.3 Å². The SMILES string of the molecule is CC[C@H]1[C@@H](O)C2C3CC[C@H]([C@H](C)C[C@H](C)OS(=O)(=O)[O-])[C@@]3(C)CCC2[C@@]2(C)CC[C@@H](O)C[C@@H]12.[Na+]. The second kappa shape index (κ2) is 10.5. The van der Waals surface area contributed by atoms with Crippen LogP contribution in [0.5, 0.6) is 0 Å². The summed E-state index contributed by atoms with van der Waals surface area (Å²) in [4.78, 5) is 0. The molecule has 4 fully saturated rings. The fourth-order valence-electron chi connectivity index (χ4n) is 9.86. The van der Waals surface area contributed by atoms with E-state index in [1.54, 1.807) is 6.92 Å². The van der Waals surface area contributed by atoms with Crippen LogP contribution in [0, 0.1) is 52.3 Å². The summed E-state index contributed by atoms with van der Waals surface area (Å²) in [7, 11) is -4.69. The Labute approximate surface area is 229 Å². The van der Waals surface area contributed by atoms with E-state index in [-0.39, 0.29) is 64.4 Å². The summed E-state index contributed by atoms with van der Waals surface area (Å²) in [6, 6.07) is 0. The molecule has 4 rings (SSSR count). The molecular weight excluding hydrogens is 463 g/mol. The molecule has 0 bridgehead atoms. The third-order valence-electron chi connectivity index (χ3n) is 11.1. The first-order valence-electron chi connectivity index (χ1n) is 13.3. The normalized spacial score (nSPS) is 48.1. The van der Waals surface area contributed by atoms with Crippen LogP contribution in [-0.4, -0.2) is 41.5 Å². The van der Waals surface area contributed by atoms with Crippen molar-refractivity contribution in [2.24, 2.45) is 52.3 Å². The monoisotopic (exact) mass is 508 g/mol. The summed E-state index contributed by atoms with van der Waals surface area (Å²) < 4.78 is 37.8. The summed E-state index contributed by atoms with van der Waals surface area (Å²) in [5, 5.41) is 22.2. The summed E-state index contributed by atoms with van der Waals surface area (Å²) in [5.41, 5.74) is 0.312. The quantitative estimate of drug-likeness (QED) is 0.320. The minimum atomic E-state index is -4.69. The van der Waals surface area contributed by atoms with Crippen LogP contribution in [-0.2, 0) is 14.6 Å². The Bertz CT molecular complexity index is 822. The van der Waals surface area contributed by atoms with Gasteiger partial charge in [-0.3, -0.25) is 4.18 Å². The molecule has 34 heavy (non-hydrogen) atoms. The van der Waals surface area contributed by atoms with E-state index in [4.69, 9.17) is 4.18 Å². The van der Waals surface area contributed by atoms with Gasteiger partial charge < -0.3 is 14.8 Å². The number of aliphatic hydroxyl groups excluding tert-OH is 2. The average molecular weight is 509 g/mol. The second-order valence-corrected chi connectivity index (χ2v) is 13.7. The minimum Gasteiger partial charge on any atom is -0.726 e. The van der Waals surface area contributed by atoms with Gasteiger partial charge in [-0.05, 0) is 111 Å². The molecule has 0 aliphatic heterocycles. The van der Waals surface area contributed by atoms with Gasteiger partial charge in [-0.25, -0.2) is 8.42 Å². The molecule has 0 spiro atoms. The van der Waals surface area contributed by atoms with Crippen LogP contribution in [0.2, 0.25) is 0 Å². The largest absolute Gasteiger partial charge is 1.00 e. The van der Waals surface area contributed by atoms with Gasteiger partial charge >= 0.3 is 29.6 Å². The predicted molar refractivity (Wildman–Crippen MR) is 126 cm³/mol. The first-order valence-corrected chi connectivity index (χ1v) is 14.6. The van der Waals surface area contributed by atoms with Gasteiger partial charge in [0.15, 0.2) is 0 Å². The smallest absolute Gasteiger partial charge is 0.726 e. The van der Waals surface area contributed by atoms with E-state index < -0.39 is 16.5 Å². The van der Waals surface area contributed by atoms with Crippen molar-refractivity contribution in [2.45, 2.75) is 111 Å². The maximum atomic E-state index is 11.8. The Morgan fingerprint density at radius 3 is 2.24 bits per heavy atom. The topological polar surface area (TPSA) is 107 Å². The second-order valence-electron chi connectivity index (χ2n) is 12.6. The zero-order chi connectivity index (χ0) is 24.3. The van der Waals surface area contributed by atoms with E-state index in [2.05, 4.69) is 27.7 Å². The molecule has 0 aromatic carbocycles. The van der Waals surface area contributed by atoms with E-state index >= 15 is 0 Å². The molecule has 8 heteroatoms. The molecule has 192 valence electrons. The van der Waals surface area contributed by atoms with E-state index in [0.717, 1.165) is 51.4 Å². The molecule has 0 heterocycles. The maximum absolute atomic E-state index is 11.8. The van der Waals surface area contributed by atoms with E-state index in [9.17, 15) is 23.2 Å². The van der Waals surface area contributed by atoms with E-state index in [1.165, 1.54) is 0 Å². The molecule has 3 unspecified atom stereocenters. The molecule has 0 aromatic rings. The molecule has 4 aliphatic carbocycles. The number of rotatable bonds is 6. The molecule has 0 radical (unpaired) electrons. The van der Waals surface area contributed by atoms with Gasteiger partial charge in [0.2, 0.25) is 10.4 Å². The van der Waals surface area contributed by atoms with Crippen LogP contribution in [0.3, 0.4) is 0 Å². The Balaban J connectivity index is 0.00000324. The van der Waals surface area contributed by atoms with Gasteiger partial charge in [0, 0.05) is 0 Å². The summed E-state index contributed by atoms with van der Waals surface area (Å²) in [6.07, 6.45) is 7.59. The maximum Gasteiger partial charge on any atom is 1.00 e. The first kappa shape index (κ1) is 29.3. The van der Waals surface area contributed by atoms with Crippen LogP contribution in [0.1, 0.15) is 92.4 Å². The van der Waals surface area contributed by atoms with Crippen LogP contribution in [0.15, 0.2) is 0 Å². The van der Waals surface area contributed by atoms with Crippen molar-refractivity contribution in [3.8, 4) is 0 Å². The predicted octanol–water partition coefficient (Wildman–Crippen LogP) is 1.51. The molecule has 12 atom stereocenters. The molecular formula is C26H45NaO6S. The molecule has 6 nitrogen and oxygen atoms in total. The average Bonchev–Trinajstić information content (AvgIpc) is 3.05. The zero-order valence-electron chi connectivity index (χ0n) is 22.1. The van der Waals surface area contributed by atoms with Crippen LogP contribution >= 0.6 is 0 Å². The van der Waals surface area contributed by atoms with Crippen LogP contribution in [0.25, 0.3) is 0 Å². The van der Waals surface area contributed by atoms with Gasteiger partial charge in [0.25, 0.3) is 0 Å². The first-order chi connectivity index (χ1) is 15.3. The number of hydrogen-bond acceptors (Lipinski definition) is 6. The zero-order valence-corrected chi connectivity index (χ0v) is 24.9. The van der Waals surface area contributed by atoms with E-state index in [1.807, 2.05) is 0 Å². The fraction of sp³-hybridized carbons (Fsp3) is 1.00. The standard InChI is InChI=1S/C26H46O6S.Na/c1-6-18-22-14-17(27)9-11-26(22,5)21-10-12-25(4)19(7-8-20(25)23(21)24(18)28)15(2)13-16(3)32-33(29,30)31;/h15-24,27-28H,6-14H2,1-5H3,(H,29,30,31);/q;+1/p-1/t15-,16+,17-,18-,19-,20?,21?,22+,23?,24-,25-,26-;/m1./s1. The molecule has 4 aliphatic rings. The molecule has 2 N–H and O–H groups in total. The number of hydrogen-bond donors (Lipinski definition) is 2. The van der Waals surface area contributed by atoms with Crippen molar-refractivity contribution in [3.63, 3.8) is 0 Å². The Kier molecular flexibility index (Phi) is 9.07. The Morgan fingerprint density at radius 1 is 1.00 bits per heavy atom. The minimum absolute atomic E-state index is 0. The van der Waals surface area contributed by atoms with Crippen molar-refractivity contribution in [3.05, 3.63) is 0 Å². The van der Waals surface area contributed by atoms with Crippen molar-refractivity contribution < 1.29 is 56.9 Å². The molecule has 0 amide bonds. The van der Waals surface area contributed by atoms with Crippen molar-refractivity contribution >= 4 is 10.4 Å². The summed E-state index contributed by atoms with van der Waals surface area (Å²) in [6.45, 7) is 10.9. The fourth-order valence-corrected chi connectivity index (χ4v) is 10.3. The summed E-state index contributed by atoms with van der Waals surface area (Å²) >= 11 is 0. The van der Waals surface area contributed by atoms with Crippen LogP contribution < -0.4 is 29.6 Å². The van der Waals surface area contributed by atoms with Crippen molar-refractivity contribution in [1.29, 1.82) is 0 Å². The van der Waals surface area contributed by atoms with Crippen molar-refractivity contribution in [2.75, 3.05) is 0 Å². The summed E-state index contributed by atoms with van der Waals surface area (Å²) in [5.74, 6) is 2.62. The number of aliphatic hydroxyl groups is 2. The van der Waals surface area contributed by atoms with Crippen LogP contribution in [0.4, 0.5) is 0 Å². The Hall–Kier alpha value is 0.790. The van der Waals surface area contributed by atoms with Gasteiger partial charge in [-0.15, -0.1) is 0 Å². The van der Waals surface area contributed by atoms with Crippen molar-refractivity contribution in [1.82, 2.24) is 0 Å². The van der Waals surface area contributed by atoms with Gasteiger partial charge in [-0.2, -0.15) is 0 Å².